The van der Waals surface area contributed by atoms with Gasteiger partial charge in [0.15, 0.2) is 11.5 Å². The van der Waals surface area contributed by atoms with E-state index >= 15 is 0 Å². The highest BCUT2D eigenvalue weighted by molar-refractivity contribution is 5.85. The van der Waals surface area contributed by atoms with E-state index in [9.17, 15) is 10.1 Å². The van der Waals surface area contributed by atoms with Crippen LogP contribution in [0.3, 0.4) is 0 Å². The average Bonchev–Trinajstić information content (AvgIpc) is 2.91. The van der Waals surface area contributed by atoms with E-state index in [1.807, 2.05) is 18.2 Å². The molecule has 0 amide bonds. The minimum absolute atomic E-state index is 0. The number of ether oxygens (including phenoxy) is 3. The highest BCUT2D eigenvalue weighted by atomic mass is 35.5. The van der Waals surface area contributed by atoms with Crippen LogP contribution >= 0.6 is 24.8 Å². The molecule has 9 nitrogen and oxygen atoms in total. The maximum Gasteiger partial charge on any atom is 0.251 e. The quantitative estimate of drug-likeness (QED) is 0.481. The maximum atomic E-state index is 12.6. The van der Waals surface area contributed by atoms with E-state index in [0.717, 1.165) is 48.4 Å². The first kappa shape index (κ1) is 28.7. The van der Waals surface area contributed by atoms with Crippen LogP contribution in [0.1, 0.15) is 17.7 Å². The Morgan fingerprint density at radius 3 is 2.70 bits per heavy atom. The molecule has 5 rings (SSSR count). The fourth-order valence-electron chi connectivity index (χ4n) is 4.81. The SMILES string of the molecule is CO[C@@H]1CN(CCn2c(=O)ccc3ccc(C#N)cc32)CC[C@H]1NCc1cc2c(cn1)OCCO2.Cl.Cl. The predicted molar refractivity (Wildman–Crippen MR) is 145 cm³/mol. The van der Waals surface area contributed by atoms with Crippen LogP contribution in [0.5, 0.6) is 11.5 Å². The van der Waals surface area contributed by atoms with Crippen LogP contribution in [-0.4, -0.2) is 66.6 Å². The van der Waals surface area contributed by atoms with Crippen molar-refractivity contribution in [1.82, 2.24) is 19.8 Å². The van der Waals surface area contributed by atoms with Crippen molar-refractivity contribution in [2.45, 2.75) is 31.7 Å². The number of piperidine rings is 1. The molecule has 1 aromatic carbocycles. The Morgan fingerprint density at radius 1 is 1.14 bits per heavy atom. The zero-order valence-electron chi connectivity index (χ0n) is 20.6. The van der Waals surface area contributed by atoms with Crippen LogP contribution in [0, 0.1) is 11.3 Å². The van der Waals surface area contributed by atoms with Gasteiger partial charge in [0.2, 0.25) is 0 Å². The number of fused-ring (bicyclic) bond motifs is 2. The van der Waals surface area contributed by atoms with E-state index in [0.29, 0.717) is 37.6 Å². The minimum atomic E-state index is -0.0561. The number of methoxy groups -OCH3 is 1. The van der Waals surface area contributed by atoms with Crippen molar-refractivity contribution < 1.29 is 14.2 Å². The lowest BCUT2D eigenvalue weighted by Gasteiger charge is -2.38. The third-order valence-corrected chi connectivity index (χ3v) is 6.74. The molecule has 11 heteroatoms. The van der Waals surface area contributed by atoms with Crippen molar-refractivity contribution in [2.75, 3.05) is 40.0 Å². The monoisotopic (exact) mass is 547 g/mol. The topological polar surface area (TPSA) is 102 Å². The van der Waals surface area contributed by atoms with Crippen LogP contribution in [0.4, 0.5) is 0 Å². The number of nitrogens with one attached hydrogen (secondary N) is 1. The van der Waals surface area contributed by atoms with Gasteiger partial charge in [0, 0.05) is 51.5 Å². The second kappa shape index (κ2) is 13.1. The Hall–Kier alpha value is -2.87. The molecule has 3 aromatic rings. The number of hydrogen-bond donors (Lipinski definition) is 1. The molecular weight excluding hydrogens is 517 g/mol. The smallest absolute Gasteiger partial charge is 0.251 e. The van der Waals surface area contributed by atoms with Gasteiger partial charge in [-0.05, 0) is 36.6 Å². The van der Waals surface area contributed by atoms with Gasteiger partial charge >= 0.3 is 0 Å². The Morgan fingerprint density at radius 2 is 1.92 bits per heavy atom. The molecule has 0 radical (unpaired) electrons. The summed E-state index contributed by atoms with van der Waals surface area (Å²) in [6.07, 6.45) is 2.67. The molecule has 1 saturated heterocycles. The van der Waals surface area contributed by atoms with Gasteiger partial charge in [0.05, 0.1) is 35.1 Å². The van der Waals surface area contributed by atoms with Gasteiger partial charge in [0.1, 0.15) is 13.2 Å². The summed E-state index contributed by atoms with van der Waals surface area (Å²) in [5.41, 5.74) is 2.19. The fraction of sp³-hybridized carbons (Fsp3) is 0.423. The molecule has 2 atom stereocenters. The summed E-state index contributed by atoms with van der Waals surface area (Å²) in [5, 5.41) is 13.8. The van der Waals surface area contributed by atoms with Crippen molar-refractivity contribution in [1.29, 1.82) is 5.26 Å². The van der Waals surface area contributed by atoms with Gasteiger partial charge in [-0.25, -0.2) is 0 Å². The summed E-state index contributed by atoms with van der Waals surface area (Å²) >= 11 is 0. The van der Waals surface area contributed by atoms with E-state index in [-0.39, 0.29) is 42.5 Å². The van der Waals surface area contributed by atoms with Crippen LogP contribution in [0.15, 0.2) is 47.4 Å². The summed E-state index contributed by atoms with van der Waals surface area (Å²) in [7, 11) is 1.74. The average molecular weight is 548 g/mol. The Kier molecular flexibility index (Phi) is 10.1. The first-order valence-electron chi connectivity index (χ1n) is 11.9. The summed E-state index contributed by atoms with van der Waals surface area (Å²) in [6, 6.07) is 13.1. The maximum absolute atomic E-state index is 12.6. The Labute approximate surface area is 228 Å². The number of pyridine rings is 2. The standard InChI is InChI=1S/C26H29N5O4.2ClH/c1-33-25-17-30(8-9-31-22-12-18(14-27)2-3-19(22)4-5-26(31)32)7-6-21(25)29-15-20-13-23-24(16-28-20)35-11-10-34-23;;/h2-5,12-13,16,21,25,29H,6-11,15,17H2,1H3;2*1H/t21-,25-;;/m1../s1. The first-order chi connectivity index (χ1) is 17.1. The van der Waals surface area contributed by atoms with Crippen molar-refractivity contribution >= 4 is 35.7 Å². The molecular formula is C26H31Cl2N5O4. The van der Waals surface area contributed by atoms with Gasteiger partial charge < -0.3 is 24.1 Å². The third-order valence-electron chi connectivity index (χ3n) is 6.74. The molecule has 2 aliphatic rings. The van der Waals surface area contributed by atoms with E-state index in [4.69, 9.17) is 14.2 Å². The number of halogens is 2. The first-order valence-corrected chi connectivity index (χ1v) is 11.9. The van der Waals surface area contributed by atoms with Gasteiger partial charge in [-0.2, -0.15) is 5.26 Å². The lowest BCUT2D eigenvalue weighted by molar-refractivity contribution is 0.00441. The molecule has 4 heterocycles. The number of benzene rings is 1. The van der Waals surface area contributed by atoms with E-state index in [1.54, 1.807) is 36.1 Å². The van der Waals surface area contributed by atoms with Gasteiger partial charge in [-0.3, -0.25) is 14.7 Å². The molecule has 0 aliphatic carbocycles. The summed E-state index contributed by atoms with van der Waals surface area (Å²) < 4.78 is 18.8. The molecule has 198 valence electrons. The number of hydrogen-bond acceptors (Lipinski definition) is 8. The van der Waals surface area contributed by atoms with Crippen molar-refractivity contribution in [3.63, 3.8) is 0 Å². The number of nitriles is 1. The summed E-state index contributed by atoms with van der Waals surface area (Å²) in [6.45, 7) is 4.68. The summed E-state index contributed by atoms with van der Waals surface area (Å²) in [4.78, 5) is 19.4. The molecule has 0 bridgehead atoms. The molecule has 0 saturated carbocycles. The second-order valence-corrected chi connectivity index (χ2v) is 8.88. The molecule has 1 fully saturated rings. The van der Waals surface area contributed by atoms with Crippen molar-refractivity contribution in [3.05, 3.63) is 64.2 Å². The van der Waals surface area contributed by atoms with Crippen molar-refractivity contribution in [2.24, 2.45) is 0 Å². The largest absolute Gasteiger partial charge is 0.486 e. The van der Waals surface area contributed by atoms with E-state index in [1.165, 1.54) is 0 Å². The van der Waals surface area contributed by atoms with E-state index < -0.39 is 0 Å². The van der Waals surface area contributed by atoms with Crippen LogP contribution in [0.2, 0.25) is 0 Å². The lowest BCUT2D eigenvalue weighted by Crippen LogP contribution is -2.53. The van der Waals surface area contributed by atoms with E-state index in [2.05, 4.69) is 21.3 Å². The van der Waals surface area contributed by atoms with Gasteiger partial charge in [-0.1, -0.05) is 6.07 Å². The number of likely N-dealkylation sites (tertiary alicyclic amines) is 1. The second-order valence-electron chi connectivity index (χ2n) is 8.88. The zero-order valence-corrected chi connectivity index (χ0v) is 22.2. The minimum Gasteiger partial charge on any atom is -0.486 e. The highest BCUT2D eigenvalue weighted by Gasteiger charge is 2.29. The molecule has 0 unspecified atom stereocenters. The number of rotatable bonds is 7. The van der Waals surface area contributed by atoms with Gasteiger partial charge in [-0.15, -0.1) is 24.8 Å². The molecule has 2 aromatic heterocycles. The summed E-state index contributed by atoms with van der Waals surface area (Å²) in [5.74, 6) is 1.43. The van der Waals surface area contributed by atoms with Gasteiger partial charge in [0.25, 0.3) is 5.56 Å². The van der Waals surface area contributed by atoms with Crippen LogP contribution < -0.4 is 20.3 Å². The van der Waals surface area contributed by atoms with Crippen molar-refractivity contribution in [3.8, 4) is 17.6 Å². The predicted octanol–water partition coefficient (Wildman–Crippen LogP) is 2.76. The molecule has 1 N–H and O–H groups in total. The molecule has 0 spiro atoms. The zero-order chi connectivity index (χ0) is 24.2. The number of nitrogens with zero attached hydrogens (tertiary/aromatic N) is 4. The Balaban J connectivity index is 0.00000190. The normalized spacial score (nSPS) is 18.9. The van der Waals surface area contributed by atoms with Crippen LogP contribution in [-0.2, 0) is 17.8 Å². The third kappa shape index (κ3) is 6.53. The number of aromatic nitrogens is 2. The highest BCUT2D eigenvalue weighted by Crippen LogP contribution is 2.29. The fourth-order valence-corrected chi connectivity index (χ4v) is 4.81. The lowest BCUT2D eigenvalue weighted by atomic mass is 10.0. The molecule has 2 aliphatic heterocycles. The molecule has 37 heavy (non-hydrogen) atoms. The van der Waals surface area contributed by atoms with Crippen LogP contribution in [0.25, 0.3) is 10.9 Å². The Bertz CT molecular complexity index is 1310.